The lowest BCUT2D eigenvalue weighted by molar-refractivity contribution is -0.299. The molecule has 13 N–H and O–H groups in total. The molecule has 4 saturated heterocycles. The van der Waals surface area contributed by atoms with Crippen LogP contribution >= 0.6 is 11.8 Å². The molecule has 0 radical (unpaired) electrons. The fourth-order valence-corrected chi connectivity index (χ4v) is 10.4. The SMILES string of the molecule is O=C(CCCC[C@@H]1SC[C@@H]2NC(=O)N[C@@H]21)NCCCCCC(=O)NCCOCCOCCOc1cc(C2=NN2C(F)(F)F)ccc1C(=O)NC(CO[C@H]1[C@H](O)[C@H](O)C(O)O[C@@H]1CO)CO[C@H]1[C@H](O)[C@H](O)C(O)O[C@@H]1CO. The standard InChI is InChI=1S/C46H70F3N7O19S/c47-46(48,49)56-41(55-56)24-9-10-26(42(65)52-25(21-72-39-29(19-57)74-43(66)37(63)35(39)61)22-73-40-30(20-58)75-44(67)38(64)36(40)62)28(18-24)71-17-16-70-15-14-69-13-12-51-33(60)7-2-1-5-11-50-32(59)8-4-3-6-31-34-27(23-76-31)53-45(68)54-34/h9-10,18,25,27,29-31,34-40,43-44,57-58,61-64,66-67H,1-8,11-17,19-23H2,(H,50,59)(H,51,60)(H,52,65)(H2,53,54,68)/t25?,27-,29+,30+,31-,34-,35+,36+,37-,38-,39+,40+,43?,44?,56?/m0/s1. The molecule has 6 rings (SSSR count). The number of fused-ring (bicyclic) bond motifs is 1. The molecule has 0 saturated carbocycles. The number of carbonyl (C=O) groups excluding carboxylic acids is 4. The van der Waals surface area contributed by atoms with Gasteiger partial charge in [-0.1, -0.05) is 18.9 Å². The van der Waals surface area contributed by atoms with Gasteiger partial charge in [-0.05, 0) is 37.8 Å². The topological polar surface area (TPSA) is 370 Å². The van der Waals surface area contributed by atoms with Crippen molar-refractivity contribution in [1.82, 2.24) is 31.6 Å². The summed E-state index contributed by atoms with van der Waals surface area (Å²) in [6.45, 7) is -1.87. The number of aliphatic hydroxyl groups excluding tert-OH is 8. The van der Waals surface area contributed by atoms with Gasteiger partial charge in [-0.2, -0.15) is 11.8 Å². The van der Waals surface area contributed by atoms with Gasteiger partial charge in [-0.3, -0.25) is 14.4 Å². The molecule has 2 unspecified atom stereocenters. The molecule has 1 aromatic rings. The first-order valence-corrected chi connectivity index (χ1v) is 26.2. The number of hydrogen-bond donors (Lipinski definition) is 13. The zero-order valence-corrected chi connectivity index (χ0v) is 42.3. The summed E-state index contributed by atoms with van der Waals surface area (Å²) in [6, 6.07) is 2.43. The van der Waals surface area contributed by atoms with E-state index in [-0.39, 0.29) is 91.4 Å². The predicted molar refractivity (Wildman–Crippen MR) is 257 cm³/mol. The van der Waals surface area contributed by atoms with E-state index in [2.05, 4.69) is 31.7 Å². The van der Waals surface area contributed by atoms with E-state index in [0.717, 1.165) is 50.0 Å². The molecule has 5 amide bonds. The van der Waals surface area contributed by atoms with E-state index < -0.39 is 112 Å². The van der Waals surface area contributed by atoms with Crippen molar-refractivity contribution in [3.8, 4) is 5.75 Å². The number of aliphatic hydroxyl groups is 8. The molecule has 76 heavy (non-hydrogen) atoms. The third-order valence-corrected chi connectivity index (χ3v) is 14.5. The van der Waals surface area contributed by atoms with Crippen molar-refractivity contribution in [1.29, 1.82) is 0 Å². The maximum atomic E-state index is 14.0. The molecule has 0 aromatic heterocycles. The molecule has 1 aromatic carbocycles. The Morgan fingerprint density at radius 3 is 1.97 bits per heavy atom. The summed E-state index contributed by atoms with van der Waals surface area (Å²) in [5.74, 6) is -0.837. The van der Waals surface area contributed by atoms with Crippen molar-refractivity contribution in [2.45, 2.75) is 142 Å². The lowest BCUT2D eigenvalue weighted by atomic mass is 9.99. The number of ether oxygens (including phenoxy) is 7. The molecule has 5 aliphatic heterocycles. The number of nitrogens with one attached hydrogen (secondary N) is 5. The van der Waals surface area contributed by atoms with Gasteiger partial charge >= 0.3 is 12.3 Å². The van der Waals surface area contributed by atoms with Gasteiger partial charge in [0.2, 0.25) is 11.8 Å². The number of nitrogens with zero attached hydrogens (tertiary/aromatic N) is 2. The van der Waals surface area contributed by atoms with E-state index in [1.807, 2.05) is 11.8 Å². The van der Waals surface area contributed by atoms with Crippen molar-refractivity contribution in [2.75, 3.05) is 78.3 Å². The van der Waals surface area contributed by atoms with E-state index in [0.29, 0.717) is 31.1 Å². The predicted octanol–water partition coefficient (Wildman–Crippen LogP) is -3.15. The largest absolute Gasteiger partial charge is 0.506 e. The number of alkyl halides is 3. The van der Waals surface area contributed by atoms with Crippen LogP contribution in [0, 0.1) is 0 Å². The first-order chi connectivity index (χ1) is 36.4. The molecule has 30 heteroatoms. The van der Waals surface area contributed by atoms with Crippen LogP contribution < -0.4 is 31.3 Å². The average molecular weight is 1110 g/mol. The van der Waals surface area contributed by atoms with Crippen LogP contribution in [0.3, 0.4) is 0 Å². The van der Waals surface area contributed by atoms with Gasteiger partial charge in [0.1, 0.15) is 61.2 Å². The first kappa shape index (κ1) is 61.0. The van der Waals surface area contributed by atoms with Crippen LogP contribution in [0.4, 0.5) is 18.0 Å². The number of carbonyl (C=O) groups is 4. The second-order valence-corrected chi connectivity index (χ2v) is 19.9. The quantitative estimate of drug-likeness (QED) is 0.0192. The molecule has 26 nitrogen and oxygen atoms in total. The number of hydrazone groups is 1. The first-order valence-electron chi connectivity index (χ1n) is 25.2. The minimum Gasteiger partial charge on any atom is -0.490 e. The summed E-state index contributed by atoms with van der Waals surface area (Å²) < 4.78 is 78.9. The van der Waals surface area contributed by atoms with E-state index in [1.54, 1.807) is 0 Å². The van der Waals surface area contributed by atoms with Crippen molar-refractivity contribution in [3.05, 3.63) is 29.3 Å². The van der Waals surface area contributed by atoms with Gasteiger partial charge in [-0.15, -0.1) is 23.3 Å². The van der Waals surface area contributed by atoms with Crippen molar-refractivity contribution in [2.24, 2.45) is 5.10 Å². The average Bonchev–Trinajstić information content (AvgIpc) is 4.03. The molecule has 5 heterocycles. The second-order valence-electron chi connectivity index (χ2n) is 18.6. The van der Waals surface area contributed by atoms with Crippen LogP contribution in [-0.4, -0.2) is 245 Å². The van der Waals surface area contributed by atoms with Crippen LogP contribution in [0.1, 0.15) is 67.3 Å². The maximum Gasteiger partial charge on any atom is 0.506 e. The lowest BCUT2D eigenvalue weighted by Crippen LogP contribution is -2.61. The highest BCUT2D eigenvalue weighted by Crippen LogP contribution is 2.35. The van der Waals surface area contributed by atoms with Gasteiger partial charge in [0.05, 0.1) is 76.5 Å². The fourth-order valence-electron chi connectivity index (χ4n) is 8.85. The lowest BCUT2D eigenvalue weighted by Gasteiger charge is -2.41. The number of benzene rings is 1. The van der Waals surface area contributed by atoms with Crippen LogP contribution in [0.15, 0.2) is 23.3 Å². The number of hydrogen-bond acceptors (Lipinski definition) is 22. The van der Waals surface area contributed by atoms with Crippen LogP contribution in [0.2, 0.25) is 0 Å². The highest BCUT2D eigenvalue weighted by atomic mass is 32.2. The van der Waals surface area contributed by atoms with Gasteiger partial charge in [0.15, 0.2) is 18.4 Å². The van der Waals surface area contributed by atoms with Gasteiger partial charge in [0, 0.05) is 42.5 Å². The number of unbranched alkanes of at least 4 members (excludes halogenated alkanes) is 3. The molecular formula is C46H70F3N7O19S. The summed E-state index contributed by atoms with van der Waals surface area (Å²) in [6.07, 6.45) is -16.1. The highest BCUT2D eigenvalue weighted by molar-refractivity contribution is 8.00. The molecule has 0 bridgehead atoms. The van der Waals surface area contributed by atoms with Crippen molar-refractivity contribution in [3.63, 3.8) is 0 Å². The summed E-state index contributed by atoms with van der Waals surface area (Å²) in [5, 5.41) is 99.0. The Kier molecular flexibility index (Phi) is 23.8. The number of rotatable bonds is 32. The Morgan fingerprint density at radius 1 is 0.776 bits per heavy atom. The highest BCUT2D eigenvalue weighted by Gasteiger charge is 2.50. The Hall–Kier alpha value is -4.25. The zero-order chi connectivity index (χ0) is 54.9. The normalized spacial score (nSPS) is 29.5. The Labute approximate surface area is 439 Å². The van der Waals surface area contributed by atoms with Gasteiger partial charge in [0.25, 0.3) is 5.91 Å². The molecular weight excluding hydrogens is 1040 g/mol. The van der Waals surface area contributed by atoms with Crippen molar-refractivity contribution >= 4 is 41.4 Å². The van der Waals surface area contributed by atoms with Crippen LogP contribution in [0.25, 0.3) is 0 Å². The van der Waals surface area contributed by atoms with Gasteiger partial charge in [-0.25, -0.2) is 4.79 Å². The summed E-state index contributed by atoms with van der Waals surface area (Å²) in [4.78, 5) is 50.0. The zero-order valence-electron chi connectivity index (χ0n) is 41.5. The molecule has 13 atom stereocenters. The third-order valence-electron chi connectivity index (χ3n) is 13.0. The van der Waals surface area contributed by atoms with Gasteiger partial charge < -0.3 is 101 Å². The smallest absolute Gasteiger partial charge is 0.490 e. The minimum atomic E-state index is -4.82. The molecule has 4 fully saturated rings. The second kappa shape index (κ2) is 29.6. The number of thioether (sulfide) groups is 1. The van der Waals surface area contributed by atoms with E-state index in [4.69, 9.17) is 33.2 Å². The summed E-state index contributed by atoms with van der Waals surface area (Å²) >= 11 is 1.85. The summed E-state index contributed by atoms with van der Waals surface area (Å²) in [7, 11) is 0. The van der Waals surface area contributed by atoms with Crippen molar-refractivity contribution < 1.29 is 106 Å². The Morgan fingerprint density at radius 2 is 1.37 bits per heavy atom. The third kappa shape index (κ3) is 17.6. The van der Waals surface area contributed by atoms with Crippen LogP contribution in [-0.2, 0) is 38.0 Å². The van der Waals surface area contributed by atoms with E-state index in [9.17, 15) is 73.2 Å². The Balaban J connectivity index is 0.900. The fraction of sp³-hybridized carbons (Fsp3) is 0.761. The number of amidine groups is 1. The number of halogens is 3. The molecule has 0 aliphatic carbocycles. The maximum absolute atomic E-state index is 14.0. The monoisotopic (exact) mass is 1110 g/mol. The minimum absolute atomic E-state index is 0.000421. The van der Waals surface area contributed by atoms with E-state index >= 15 is 0 Å². The Bertz CT molecular complexity index is 2030. The summed E-state index contributed by atoms with van der Waals surface area (Å²) in [5.41, 5.74) is -0.284. The van der Waals surface area contributed by atoms with E-state index in [1.165, 1.54) is 6.07 Å². The van der Waals surface area contributed by atoms with Crippen LogP contribution in [0.5, 0.6) is 5.75 Å². The molecule has 0 spiro atoms. The molecule has 5 aliphatic rings. The number of amides is 5. The number of urea groups is 1. The molecule has 430 valence electrons.